The minimum atomic E-state index is -0.362. The molecule has 2 heterocycles. The molecule has 1 amide bonds. The van der Waals surface area contributed by atoms with Crippen LogP contribution < -0.4 is 14.8 Å². The number of piperidine rings is 1. The first-order valence-corrected chi connectivity index (χ1v) is 16.4. The summed E-state index contributed by atoms with van der Waals surface area (Å²) in [4.78, 5) is 24.6. The molecule has 2 N–H and O–H groups in total. The molecule has 9 nitrogen and oxygen atoms in total. The van der Waals surface area contributed by atoms with Crippen LogP contribution in [0.2, 0.25) is 5.02 Å². The average molecular weight is 622 g/mol. The van der Waals surface area contributed by atoms with E-state index < -0.39 is 0 Å². The summed E-state index contributed by atoms with van der Waals surface area (Å²) >= 11 is 6.21. The van der Waals surface area contributed by atoms with E-state index in [0.717, 1.165) is 38.8 Å². The van der Waals surface area contributed by atoms with Crippen LogP contribution in [0.25, 0.3) is 0 Å². The summed E-state index contributed by atoms with van der Waals surface area (Å²) in [5.74, 6) is 0.364. The van der Waals surface area contributed by atoms with E-state index in [1.165, 1.54) is 38.1 Å². The molecule has 6 rings (SSSR count). The number of ether oxygens (including phenoxy) is 2. The summed E-state index contributed by atoms with van der Waals surface area (Å²) in [5.41, 5.74) is 0.450. The maximum absolute atomic E-state index is 13.2. The summed E-state index contributed by atoms with van der Waals surface area (Å²) in [6.07, 6.45) is 11.7. The monoisotopic (exact) mass is 621 g/mol. The molecule has 0 radical (unpaired) electrons. The number of amides is 1. The standard InChI is InChI=1S/C34H44ClN5O4/c1-32(2)29(33(3,4)30(32)43-25-6-5-21(18-36)27(35)15-25)39-28(42)22-19-37-31(38-20-22)44-26-16-34(17-26)11-7-23(8-12-34)40-13-9-24(41)10-14-40/h5-6,15,19-20,23-24,26,29-30,41H,7-14,16-17H2,1-4H3,(H,39,42). The maximum atomic E-state index is 13.2. The second kappa shape index (κ2) is 11.8. The van der Waals surface area contributed by atoms with Crippen molar-refractivity contribution in [2.45, 2.75) is 109 Å². The van der Waals surface area contributed by atoms with E-state index in [2.05, 4.69) is 53.9 Å². The number of halogens is 1. The van der Waals surface area contributed by atoms with E-state index in [1.807, 2.05) is 0 Å². The van der Waals surface area contributed by atoms with Crippen LogP contribution in [0, 0.1) is 27.6 Å². The maximum Gasteiger partial charge on any atom is 0.316 e. The van der Waals surface area contributed by atoms with Gasteiger partial charge in [0.2, 0.25) is 0 Å². The smallest absolute Gasteiger partial charge is 0.316 e. The zero-order chi connectivity index (χ0) is 31.3. The Kier molecular flexibility index (Phi) is 8.32. The number of carbonyl (C=O) groups is 1. The number of nitrogens with one attached hydrogen (secondary N) is 1. The van der Waals surface area contributed by atoms with Crippen molar-refractivity contribution in [3.8, 4) is 17.8 Å². The highest BCUT2D eigenvalue weighted by molar-refractivity contribution is 6.31. The Balaban J connectivity index is 0.978. The third kappa shape index (κ3) is 5.89. The molecule has 1 aromatic heterocycles. The zero-order valence-corrected chi connectivity index (χ0v) is 26.9. The lowest BCUT2D eigenvalue weighted by atomic mass is 9.49. The van der Waals surface area contributed by atoms with Gasteiger partial charge >= 0.3 is 6.01 Å². The number of nitrogens with zero attached hydrogens (tertiary/aromatic N) is 4. The number of carbonyl (C=O) groups excluding carboxylic acids is 1. The van der Waals surface area contributed by atoms with E-state index >= 15 is 0 Å². The summed E-state index contributed by atoms with van der Waals surface area (Å²) in [6, 6.07) is 7.96. The molecule has 236 valence electrons. The van der Waals surface area contributed by atoms with Gasteiger partial charge in [-0.1, -0.05) is 39.3 Å². The van der Waals surface area contributed by atoms with Crippen LogP contribution in [0.3, 0.4) is 0 Å². The lowest BCUT2D eigenvalue weighted by Gasteiger charge is -2.63. The highest BCUT2D eigenvalue weighted by atomic mass is 35.5. The molecule has 2 aromatic rings. The Bertz CT molecular complexity index is 1380. The Morgan fingerprint density at radius 2 is 1.68 bits per heavy atom. The van der Waals surface area contributed by atoms with Crippen LogP contribution in [-0.4, -0.2) is 69.4 Å². The minimum Gasteiger partial charge on any atom is -0.489 e. The van der Waals surface area contributed by atoms with Crippen LogP contribution in [0.5, 0.6) is 11.8 Å². The van der Waals surface area contributed by atoms with Crippen LogP contribution in [0.1, 0.15) is 95.0 Å². The van der Waals surface area contributed by atoms with Crippen LogP contribution in [-0.2, 0) is 0 Å². The van der Waals surface area contributed by atoms with Gasteiger partial charge in [-0.2, -0.15) is 5.26 Å². The molecule has 0 bridgehead atoms. The molecule has 1 aliphatic heterocycles. The summed E-state index contributed by atoms with van der Waals surface area (Å²) in [7, 11) is 0. The van der Waals surface area contributed by atoms with Gasteiger partial charge in [0.1, 0.15) is 24.0 Å². The van der Waals surface area contributed by atoms with Gasteiger partial charge in [-0.05, 0) is 68.9 Å². The number of aliphatic hydroxyl groups excluding tert-OH is 1. The van der Waals surface area contributed by atoms with Crippen LogP contribution in [0.15, 0.2) is 30.6 Å². The fraction of sp³-hybridized carbons (Fsp3) is 0.647. The first-order valence-electron chi connectivity index (χ1n) is 16.0. The van der Waals surface area contributed by atoms with Crippen molar-refractivity contribution in [3.63, 3.8) is 0 Å². The van der Waals surface area contributed by atoms with Gasteiger partial charge < -0.3 is 24.8 Å². The summed E-state index contributed by atoms with van der Waals surface area (Å²) < 4.78 is 12.4. The fourth-order valence-corrected chi connectivity index (χ4v) is 8.90. The molecule has 4 fully saturated rings. The third-order valence-corrected chi connectivity index (χ3v) is 11.3. The number of benzene rings is 1. The van der Waals surface area contributed by atoms with Crippen LogP contribution >= 0.6 is 11.6 Å². The first-order chi connectivity index (χ1) is 20.9. The van der Waals surface area contributed by atoms with Crippen molar-refractivity contribution in [1.29, 1.82) is 5.26 Å². The Morgan fingerprint density at radius 1 is 1.05 bits per heavy atom. The van der Waals surface area contributed by atoms with Crippen molar-refractivity contribution in [1.82, 2.24) is 20.2 Å². The second-order valence-electron chi connectivity index (χ2n) is 14.7. The number of aromatic nitrogens is 2. The molecule has 1 saturated heterocycles. The average Bonchev–Trinajstić information content (AvgIpc) is 2.99. The van der Waals surface area contributed by atoms with E-state index in [0.29, 0.717) is 39.4 Å². The molecule has 0 atom stereocenters. The quantitative estimate of drug-likeness (QED) is 0.413. The molecule has 3 saturated carbocycles. The normalized spacial score (nSPS) is 31.3. The number of nitriles is 1. The summed E-state index contributed by atoms with van der Waals surface area (Å²) in [6.45, 7) is 10.3. The van der Waals surface area contributed by atoms with E-state index in [4.69, 9.17) is 26.3 Å². The number of hydrogen-bond donors (Lipinski definition) is 2. The molecule has 10 heteroatoms. The van der Waals surface area contributed by atoms with Gasteiger partial charge in [0.05, 0.1) is 22.3 Å². The Morgan fingerprint density at radius 3 is 2.27 bits per heavy atom. The lowest BCUT2D eigenvalue weighted by Crippen LogP contribution is -2.74. The Labute approximate surface area is 265 Å². The van der Waals surface area contributed by atoms with Gasteiger partial charge in [-0.3, -0.25) is 4.79 Å². The third-order valence-electron chi connectivity index (χ3n) is 10.9. The molecular formula is C34H44ClN5O4. The van der Waals surface area contributed by atoms with E-state index in [1.54, 1.807) is 18.2 Å². The minimum absolute atomic E-state index is 0.117. The topological polar surface area (TPSA) is 121 Å². The zero-order valence-electron chi connectivity index (χ0n) is 26.2. The van der Waals surface area contributed by atoms with Crippen molar-refractivity contribution in [2.75, 3.05) is 13.1 Å². The number of hydrogen-bond acceptors (Lipinski definition) is 8. The predicted octanol–water partition coefficient (Wildman–Crippen LogP) is 5.54. The van der Waals surface area contributed by atoms with Crippen LogP contribution in [0.4, 0.5) is 0 Å². The fourth-order valence-electron chi connectivity index (χ4n) is 8.68. The lowest BCUT2D eigenvalue weighted by molar-refractivity contribution is -0.164. The predicted molar refractivity (Wildman–Crippen MR) is 167 cm³/mol. The van der Waals surface area contributed by atoms with Gasteiger partial charge in [-0.15, -0.1) is 0 Å². The second-order valence-corrected chi connectivity index (χ2v) is 15.1. The number of rotatable bonds is 7. The van der Waals surface area contributed by atoms with Gasteiger partial charge in [0.25, 0.3) is 5.91 Å². The SMILES string of the molecule is CC1(C)C(NC(=O)c2cnc(OC3CC4(CCC(N5CCC(O)CC5)CC4)C3)nc2)C(C)(C)C1Oc1ccc(C#N)c(Cl)c1. The number of likely N-dealkylation sites (tertiary alicyclic amines) is 1. The molecule has 1 spiro atoms. The largest absolute Gasteiger partial charge is 0.489 e. The molecule has 3 aliphatic carbocycles. The highest BCUT2D eigenvalue weighted by Gasteiger charge is 2.64. The van der Waals surface area contributed by atoms with Crippen molar-refractivity contribution in [3.05, 3.63) is 46.7 Å². The highest BCUT2D eigenvalue weighted by Crippen LogP contribution is 2.56. The molecule has 1 aromatic carbocycles. The first kappa shape index (κ1) is 31.1. The van der Waals surface area contributed by atoms with Crippen molar-refractivity contribution >= 4 is 17.5 Å². The molecular weight excluding hydrogens is 578 g/mol. The Hall–Kier alpha value is -2.93. The van der Waals surface area contributed by atoms with Gasteiger partial charge in [-0.25, -0.2) is 9.97 Å². The van der Waals surface area contributed by atoms with E-state index in [-0.39, 0.29) is 41.1 Å². The molecule has 44 heavy (non-hydrogen) atoms. The number of aliphatic hydroxyl groups is 1. The van der Waals surface area contributed by atoms with Gasteiger partial charge in [0, 0.05) is 54.5 Å². The van der Waals surface area contributed by atoms with E-state index in [9.17, 15) is 9.90 Å². The van der Waals surface area contributed by atoms with Crippen molar-refractivity contribution < 1.29 is 19.4 Å². The molecule has 4 aliphatic rings. The van der Waals surface area contributed by atoms with Gasteiger partial charge in [0.15, 0.2) is 0 Å². The van der Waals surface area contributed by atoms with Crippen molar-refractivity contribution in [2.24, 2.45) is 16.2 Å². The summed E-state index contributed by atoms with van der Waals surface area (Å²) in [5, 5.41) is 22.5. The molecule has 0 unspecified atom stereocenters.